The van der Waals surface area contributed by atoms with Crippen molar-refractivity contribution in [2.75, 3.05) is 6.16 Å². The number of unbranched alkanes of at least 4 members (excludes halogenated alkanes) is 1. The Morgan fingerprint density at radius 1 is 0.593 bits per heavy atom. The number of allylic oxidation sites excluding steroid dienone is 4. The molecule has 0 saturated heterocycles. The molecule has 0 aliphatic rings. The maximum absolute atomic E-state index is 2.35. The molecule has 0 radical (unpaired) electrons. The van der Waals surface area contributed by atoms with Crippen LogP contribution >= 0.6 is 7.26 Å². The zero-order chi connectivity index (χ0) is 18.8. The highest BCUT2D eigenvalue weighted by Crippen LogP contribution is 2.55. The minimum atomic E-state index is -1.73. The fourth-order valence-electron chi connectivity index (χ4n) is 3.45. The van der Waals surface area contributed by atoms with E-state index < -0.39 is 7.26 Å². The summed E-state index contributed by atoms with van der Waals surface area (Å²) in [5.74, 6) is 0. The molecule has 0 N–H and O–H groups in total. The number of rotatable bonds is 8. The largest absolute Gasteiger partial charge is 0.115 e. The Bertz CT molecular complexity index is 752. The molecule has 27 heavy (non-hydrogen) atoms. The molecule has 0 bridgehead atoms. The maximum Gasteiger partial charge on any atom is 0.115 e. The summed E-state index contributed by atoms with van der Waals surface area (Å²) in [6.45, 7) is 2.21. The minimum Gasteiger partial charge on any atom is -0.0846 e. The topological polar surface area (TPSA) is 0 Å². The lowest BCUT2D eigenvalue weighted by Gasteiger charge is -2.26. The second kappa shape index (κ2) is 10.0. The van der Waals surface area contributed by atoms with E-state index in [1.54, 1.807) is 0 Å². The Morgan fingerprint density at radius 3 is 1.41 bits per heavy atom. The minimum absolute atomic E-state index is 1.03. The molecule has 0 saturated carbocycles. The average Bonchev–Trinajstić information content (AvgIpc) is 2.75. The van der Waals surface area contributed by atoms with E-state index >= 15 is 0 Å². The van der Waals surface area contributed by atoms with Crippen molar-refractivity contribution < 1.29 is 0 Å². The Kier molecular flexibility index (Phi) is 7.19. The molecule has 0 amide bonds. The summed E-state index contributed by atoms with van der Waals surface area (Å²) in [6.07, 6.45) is 12.4. The fraction of sp³-hybridized carbons (Fsp3) is 0.154. The average molecular weight is 371 g/mol. The second-order valence-corrected chi connectivity index (χ2v) is 10.2. The number of hydrogen-bond donors (Lipinski definition) is 0. The third kappa shape index (κ3) is 4.65. The Morgan fingerprint density at radius 2 is 1.00 bits per heavy atom. The van der Waals surface area contributed by atoms with Gasteiger partial charge in [-0.25, -0.2) is 0 Å². The quantitative estimate of drug-likeness (QED) is 0.342. The predicted octanol–water partition coefficient (Wildman–Crippen LogP) is 5.89. The molecule has 0 aliphatic heterocycles. The first-order valence-electron chi connectivity index (χ1n) is 9.74. The van der Waals surface area contributed by atoms with Crippen molar-refractivity contribution in [3.8, 4) is 0 Å². The van der Waals surface area contributed by atoms with Crippen LogP contribution in [0.2, 0.25) is 0 Å². The zero-order valence-electron chi connectivity index (χ0n) is 16.0. The van der Waals surface area contributed by atoms with Crippen molar-refractivity contribution in [2.24, 2.45) is 0 Å². The van der Waals surface area contributed by atoms with E-state index in [0.29, 0.717) is 0 Å². The van der Waals surface area contributed by atoms with Gasteiger partial charge in [0.25, 0.3) is 0 Å². The van der Waals surface area contributed by atoms with E-state index in [4.69, 9.17) is 0 Å². The smallest absolute Gasteiger partial charge is 0.0846 e. The molecule has 0 unspecified atom stereocenters. The summed E-state index contributed by atoms with van der Waals surface area (Å²) in [7, 11) is -1.73. The van der Waals surface area contributed by atoms with Gasteiger partial charge in [-0.3, -0.25) is 0 Å². The number of benzene rings is 3. The standard InChI is InChI=1S/C26H28P/c1-2-3-4-5-6-16-23-27(24-17-10-7-11-18-24,25-19-12-8-13-20-25)26-21-14-9-15-22-26/h4-22H,2-3,23H2,1H3/q+1. The van der Waals surface area contributed by atoms with Crippen molar-refractivity contribution in [3.63, 3.8) is 0 Å². The Labute approximate surface area is 164 Å². The van der Waals surface area contributed by atoms with Gasteiger partial charge < -0.3 is 0 Å². The lowest BCUT2D eigenvalue weighted by Crippen LogP contribution is -2.32. The molecule has 136 valence electrons. The van der Waals surface area contributed by atoms with Crippen LogP contribution in [0.15, 0.2) is 115 Å². The second-order valence-electron chi connectivity index (χ2n) is 6.64. The van der Waals surface area contributed by atoms with Crippen LogP contribution in [-0.2, 0) is 0 Å². The fourth-order valence-corrected chi connectivity index (χ4v) is 7.46. The lowest BCUT2D eigenvalue weighted by atomic mass is 10.3. The third-order valence-electron chi connectivity index (χ3n) is 4.81. The highest BCUT2D eigenvalue weighted by atomic mass is 31.2. The Balaban J connectivity index is 2.11. The van der Waals surface area contributed by atoms with E-state index in [0.717, 1.165) is 12.6 Å². The van der Waals surface area contributed by atoms with Crippen molar-refractivity contribution in [1.29, 1.82) is 0 Å². The summed E-state index contributed by atoms with van der Waals surface area (Å²) < 4.78 is 0. The summed E-state index contributed by atoms with van der Waals surface area (Å²) >= 11 is 0. The first-order valence-corrected chi connectivity index (χ1v) is 11.7. The SMILES string of the molecule is CCCC=CC=CC[P+](c1ccccc1)(c1ccccc1)c1ccccc1. The van der Waals surface area contributed by atoms with Gasteiger partial charge in [0.1, 0.15) is 23.2 Å². The van der Waals surface area contributed by atoms with Crippen LogP contribution in [0, 0.1) is 0 Å². The molecule has 3 rings (SSSR count). The van der Waals surface area contributed by atoms with Gasteiger partial charge in [0.05, 0.1) is 6.16 Å². The van der Waals surface area contributed by atoms with Gasteiger partial charge in [0.15, 0.2) is 0 Å². The monoisotopic (exact) mass is 371 g/mol. The van der Waals surface area contributed by atoms with Crippen LogP contribution in [0.5, 0.6) is 0 Å². The van der Waals surface area contributed by atoms with Crippen LogP contribution in [0.4, 0.5) is 0 Å². The third-order valence-corrected chi connectivity index (χ3v) is 9.11. The molecule has 0 fully saturated rings. The molecular formula is C26H28P+. The molecule has 0 aliphatic carbocycles. The van der Waals surface area contributed by atoms with E-state index in [1.165, 1.54) is 22.3 Å². The van der Waals surface area contributed by atoms with Gasteiger partial charge >= 0.3 is 0 Å². The first kappa shape index (κ1) is 19.3. The summed E-state index contributed by atoms with van der Waals surface area (Å²) in [4.78, 5) is 0. The zero-order valence-corrected chi connectivity index (χ0v) is 16.9. The van der Waals surface area contributed by atoms with Crippen LogP contribution < -0.4 is 15.9 Å². The van der Waals surface area contributed by atoms with Gasteiger partial charge in [-0.1, -0.05) is 86.2 Å². The summed E-state index contributed by atoms with van der Waals surface area (Å²) in [5.41, 5.74) is 0. The predicted molar refractivity (Wildman–Crippen MR) is 123 cm³/mol. The van der Waals surface area contributed by atoms with Gasteiger partial charge in [-0.05, 0) is 48.9 Å². The van der Waals surface area contributed by atoms with Crippen molar-refractivity contribution in [1.82, 2.24) is 0 Å². The molecule has 0 heterocycles. The molecular weight excluding hydrogens is 343 g/mol. The molecule has 0 nitrogen and oxygen atoms in total. The van der Waals surface area contributed by atoms with Gasteiger partial charge in [-0.15, -0.1) is 0 Å². The van der Waals surface area contributed by atoms with Crippen molar-refractivity contribution in [3.05, 3.63) is 115 Å². The van der Waals surface area contributed by atoms with Gasteiger partial charge in [0, 0.05) is 0 Å². The highest BCUT2D eigenvalue weighted by molar-refractivity contribution is 7.95. The molecule has 1 heteroatoms. The van der Waals surface area contributed by atoms with Crippen LogP contribution in [-0.4, -0.2) is 6.16 Å². The summed E-state index contributed by atoms with van der Waals surface area (Å²) in [6, 6.07) is 33.1. The number of hydrogen-bond acceptors (Lipinski definition) is 0. The highest BCUT2D eigenvalue weighted by Gasteiger charge is 2.43. The van der Waals surface area contributed by atoms with E-state index in [1.807, 2.05) is 0 Å². The molecule has 0 spiro atoms. The van der Waals surface area contributed by atoms with E-state index in [2.05, 4.69) is 122 Å². The lowest BCUT2D eigenvalue weighted by molar-refractivity contribution is 0.959. The first-order chi connectivity index (χ1) is 13.4. The van der Waals surface area contributed by atoms with Crippen molar-refractivity contribution >= 4 is 23.2 Å². The van der Waals surface area contributed by atoms with E-state index in [9.17, 15) is 0 Å². The normalized spacial score (nSPS) is 12.0. The molecule has 0 aromatic heterocycles. The maximum atomic E-state index is 2.35. The van der Waals surface area contributed by atoms with Crippen LogP contribution in [0.3, 0.4) is 0 Å². The van der Waals surface area contributed by atoms with Gasteiger partial charge in [0.2, 0.25) is 0 Å². The van der Waals surface area contributed by atoms with Crippen LogP contribution in [0.25, 0.3) is 0 Å². The molecule has 3 aromatic rings. The van der Waals surface area contributed by atoms with Gasteiger partial charge in [-0.2, -0.15) is 0 Å². The van der Waals surface area contributed by atoms with E-state index in [-0.39, 0.29) is 0 Å². The molecule has 3 aromatic carbocycles. The van der Waals surface area contributed by atoms with Crippen LogP contribution in [0.1, 0.15) is 19.8 Å². The Hall–Kier alpha value is -2.43. The molecule has 0 atom stereocenters. The van der Waals surface area contributed by atoms with Crippen molar-refractivity contribution in [2.45, 2.75) is 19.8 Å². The summed E-state index contributed by atoms with van der Waals surface area (Å²) in [5, 5.41) is 4.30.